The third-order valence-electron chi connectivity index (χ3n) is 5.55. The number of hydrogen-bond acceptors (Lipinski definition) is 1. The van der Waals surface area contributed by atoms with E-state index in [1.807, 2.05) is 42.5 Å². The summed E-state index contributed by atoms with van der Waals surface area (Å²) >= 11 is 12.3. The molecule has 1 heterocycles. The van der Waals surface area contributed by atoms with E-state index in [1.165, 1.54) is 11.1 Å². The van der Waals surface area contributed by atoms with E-state index in [2.05, 4.69) is 47.3 Å². The van der Waals surface area contributed by atoms with Crippen LogP contribution in [0.25, 0.3) is 0 Å². The molecule has 2 amide bonds. The first kappa shape index (κ1) is 23.0. The third-order valence-corrected chi connectivity index (χ3v) is 6.10. The Labute approximate surface area is 204 Å². The molecule has 1 N–H and O–H groups in total. The zero-order chi connectivity index (χ0) is 23.2. The van der Waals surface area contributed by atoms with Gasteiger partial charge in [-0.05, 0) is 53.9 Å². The number of anilines is 1. The van der Waals surface area contributed by atoms with Crippen LogP contribution in [0.5, 0.6) is 0 Å². The standard InChI is InChI=1S/C27H25Cl2N3O/c1-20-8-5-6-11-22(20)18-31-15-7-12-24(31)19-32(17-21-9-3-2-4-10-21)27(33)30-26-14-13-23(28)16-25(26)29/h2-16H,17-19H2,1H3,(H,30,33). The number of hydrogen-bond donors (Lipinski definition) is 1. The first-order valence-electron chi connectivity index (χ1n) is 10.7. The van der Waals surface area contributed by atoms with Crippen molar-refractivity contribution in [2.45, 2.75) is 26.6 Å². The Balaban J connectivity index is 1.57. The number of benzene rings is 3. The molecule has 4 rings (SSSR count). The molecule has 0 spiro atoms. The molecule has 0 unspecified atom stereocenters. The number of nitrogens with zero attached hydrogens (tertiary/aromatic N) is 2. The Morgan fingerprint density at radius 3 is 2.42 bits per heavy atom. The summed E-state index contributed by atoms with van der Waals surface area (Å²) in [5.41, 5.74) is 5.12. The monoisotopic (exact) mass is 477 g/mol. The van der Waals surface area contributed by atoms with E-state index in [4.69, 9.17) is 23.2 Å². The lowest BCUT2D eigenvalue weighted by Gasteiger charge is -2.25. The molecule has 0 saturated heterocycles. The van der Waals surface area contributed by atoms with Crippen LogP contribution in [-0.2, 0) is 19.6 Å². The van der Waals surface area contributed by atoms with Gasteiger partial charge in [0.05, 0.1) is 17.3 Å². The molecule has 0 radical (unpaired) electrons. The van der Waals surface area contributed by atoms with Crippen LogP contribution >= 0.6 is 23.2 Å². The van der Waals surface area contributed by atoms with E-state index in [-0.39, 0.29) is 6.03 Å². The Hall–Kier alpha value is -3.21. The minimum atomic E-state index is -0.230. The predicted octanol–water partition coefficient (Wildman–Crippen LogP) is 7.39. The summed E-state index contributed by atoms with van der Waals surface area (Å²) in [5, 5.41) is 3.86. The van der Waals surface area contributed by atoms with E-state index in [9.17, 15) is 4.79 Å². The van der Waals surface area contributed by atoms with Gasteiger partial charge in [-0.15, -0.1) is 0 Å². The number of aryl methyl sites for hydroxylation is 1. The van der Waals surface area contributed by atoms with E-state index >= 15 is 0 Å². The van der Waals surface area contributed by atoms with Crippen LogP contribution in [0.3, 0.4) is 0 Å². The first-order chi connectivity index (χ1) is 16.0. The average molecular weight is 478 g/mol. The number of rotatable bonds is 7. The second-order valence-corrected chi connectivity index (χ2v) is 8.79. The van der Waals surface area contributed by atoms with Crippen molar-refractivity contribution in [1.82, 2.24) is 9.47 Å². The van der Waals surface area contributed by atoms with Gasteiger partial charge in [0.25, 0.3) is 0 Å². The average Bonchev–Trinajstić information content (AvgIpc) is 3.24. The summed E-state index contributed by atoms with van der Waals surface area (Å²) in [7, 11) is 0. The van der Waals surface area contributed by atoms with Crippen molar-refractivity contribution in [2.24, 2.45) is 0 Å². The maximum Gasteiger partial charge on any atom is 0.322 e. The molecule has 168 valence electrons. The van der Waals surface area contributed by atoms with Crippen LogP contribution in [0.4, 0.5) is 10.5 Å². The maximum absolute atomic E-state index is 13.3. The second kappa shape index (κ2) is 10.6. The first-order valence-corrected chi connectivity index (χ1v) is 11.5. The van der Waals surface area contributed by atoms with Gasteiger partial charge in [-0.3, -0.25) is 0 Å². The van der Waals surface area contributed by atoms with Crippen LogP contribution in [0.1, 0.15) is 22.4 Å². The summed E-state index contributed by atoms with van der Waals surface area (Å²) in [6, 6.07) is 27.2. The van der Waals surface area contributed by atoms with E-state index in [0.29, 0.717) is 28.8 Å². The summed E-state index contributed by atoms with van der Waals surface area (Å²) in [6.07, 6.45) is 2.05. The highest BCUT2D eigenvalue weighted by Gasteiger charge is 2.18. The lowest BCUT2D eigenvalue weighted by molar-refractivity contribution is 0.205. The highest BCUT2D eigenvalue weighted by Crippen LogP contribution is 2.26. The van der Waals surface area contributed by atoms with Crippen molar-refractivity contribution in [3.05, 3.63) is 124 Å². The molecule has 4 aromatic rings. The van der Waals surface area contributed by atoms with E-state index in [0.717, 1.165) is 17.8 Å². The topological polar surface area (TPSA) is 37.3 Å². The molecule has 0 bridgehead atoms. The molecule has 3 aromatic carbocycles. The largest absolute Gasteiger partial charge is 0.345 e. The molecule has 0 aliphatic rings. The number of nitrogens with one attached hydrogen (secondary N) is 1. The van der Waals surface area contributed by atoms with Crippen molar-refractivity contribution < 1.29 is 4.79 Å². The summed E-state index contributed by atoms with van der Waals surface area (Å²) < 4.78 is 2.18. The highest BCUT2D eigenvalue weighted by molar-refractivity contribution is 6.36. The quantitative estimate of drug-likeness (QED) is 0.296. The van der Waals surface area contributed by atoms with Crippen molar-refractivity contribution >= 4 is 34.9 Å². The smallest absolute Gasteiger partial charge is 0.322 e. The fourth-order valence-corrected chi connectivity index (χ4v) is 4.16. The van der Waals surface area contributed by atoms with Crippen LogP contribution in [0.2, 0.25) is 10.0 Å². The number of halogens is 2. The lowest BCUT2D eigenvalue weighted by Crippen LogP contribution is -2.34. The minimum Gasteiger partial charge on any atom is -0.345 e. The van der Waals surface area contributed by atoms with Gasteiger partial charge < -0.3 is 14.8 Å². The van der Waals surface area contributed by atoms with Gasteiger partial charge in [0.15, 0.2) is 0 Å². The zero-order valence-corrected chi connectivity index (χ0v) is 19.9. The Kier molecular flexibility index (Phi) is 7.38. The van der Waals surface area contributed by atoms with Crippen LogP contribution in [0, 0.1) is 6.92 Å². The molecule has 4 nitrogen and oxygen atoms in total. The second-order valence-electron chi connectivity index (χ2n) is 7.95. The van der Waals surface area contributed by atoms with Crippen LogP contribution < -0.4 is 5.32 Å². The number of aromatic nitrogens is 1. The molecule has 0 aliphatic carbocycles. The number of carbonyl (C=O) groups is 1. The Bertz CT molecular complexity index is 1240. The number of urea groups is 1. The van der Waals surface area contributed by atoms with Crippen LogP contribution in [-0.4, -0.2) is 15.5 Å². The van der Waals surface area contributed by atoms with E-state index in [1.54, 1.807) is 23.1 Å². The van der Waals surface area contributed by atoms with Gasteiger partial charge in [0.1, 0.15) is 0 Å². The summed E-state index contributed by atoms with van der Waals surface area (Å²) in [6.45, 7) is 3.78. The third kappa shape index (κ3) is 5.98. The van der Waals surface area contributed by atoms with Gasteiger partial charge >= 0.3 is 6.03 Å². The lowest BCUT2D eigenvalue weighted by atomic mass is 10.1. The Morgan fingerprint density at radius 1 is 0.909 bits per heavy atom. The molecule has 6 heteroatoms. The molecule has 0 aliphatic heterocycles. The Morgan fingerprint density at radius 2 is 1.67 bits per heavy atom. The number of amides is 2. The fourth-order valence-electron chi connectivity index (χ4n) is 3.70. The molecular formula is C27H25Cl2N3O. The zero-order valence-electron chi connectivity index (χ0n) is 18.3. The predicted molar refractivity (Wildman–Crippen MR) is 136 cm³/mol. The van der Waals surface area contributed by atoms with Gasteiger partial charge in [-0.2, -0.15) is 0 Å². The number of carbonyl (C=O) groups excluding carboxylic acids is 1. The summed E-state index contributed by atoms with van der Waals surface area (Å²) in [4.78, 5) is 15.1. The van der Waals surface area contributed by atoms with Gasteiger partial charge in [-0.25, -0.2) is 4.79 Å². The molecule has 0 fully saturated rings. The molecular weight excluding hydrogens is 453 g/mol. The van der Waals surface area contributed by atoms with Crippen molar-refractivity contribution in [3.63, 3.8) is 0 Å². The van der Waals surface area contributed by atoms with E-state index < -0.39 is 0 Å². The van der Waals surface area contributed by atoms with Gasteiger partial charge in [0, 0.05) is 30.0 Å². The van der Waals surface area contributed by atoms with Crippen LogP contribution in [0.15, 0.2) is 91.1 Å². The molecule has 1 aromatic heterocycles. The minimum absolute atomic E-state index is 0.230. The molecule has 0 atom stereocenters. The van der Waals surface area contributed by atoms with Crippen molar-refractivity contribution in [3.8, 4) is 0 Å². The van der Waals surface area contributed by atoms with Crippen molar-refractivity contribution in [2.75, 3.05) is 5.32 Å². The maximum atomic E-state index is 13.3. The van der Waals surface area contributed by atoms with Gasteiger partial charge in [0.2, 0.25) is 0 Å². The molecule has 33 heavy (non-hydrogen) atoms. The summed E-state index contributed by atoms with van der Waals surface area (Å²) in [5.74, 6) is 0. The normalized spacial score (nSPS) is 10.8. The van der Waals surface area contributed by atoms with Gasteiger partial charge in [-0.1, -0.05) is 77.8 Å². The van der Waals surface area contributed by atoms with Crippen molar-refractivity contribution in [1.29, 1.82) is 0 Å². The molecule has 0 saturated carbocycles. The highest BCUT2D eigenvalue weighted by atomic mass is 35.5. The fraction of sp³-hybridized carbons (Fsp3) is 0.148. The SMILES string of the molecule is Cc1ccccc1Cn1cccc1CN(Cc1ccccc1)C(=O)Nc1ccc(Cl)cc1Cl.